The van der Waals surface area contributed by atoms with Crippen molar-refractivity contribution in [3.63, 3.8) is 0 Å². The van der Waals surface area contributed by atoms with Crippen LogP contribution in [0.1, 0.15) is 17.2 Å². The quantitative estimate of drug-likeness (QED) is 0.774. The monoisotopic (exact) mass is 261 g/mol. The average Bonchev–Trinajstić information content (AvgIpc) is 2.45. The van der Waals surface area contributed by atoms with Gasteiger partial charge in [0.05, 0.1) is 12.6 Å². The molecule has 0 unspecified atom stereocenters. The van der Waals surface area contributed by atoms with E-state index < -0.39 is 5.82 Å². The summed E-state index contributed by atoms with van der Waals surface area (Å²) in [5.41, 5.74) is 1.41. The van der Waals surface area contributed by atoms with Gasteiger partial charge in [0.15, 0.2) is 11.6 Å². The number of phenolic OH excluding ortho intramolecular Hbond substituents is 1. The van der Waals surface area contributed by atoms with Gasteiger partial charge in [0.2, 0.25) is 0 Å². The van der Waals surface area contributed by atoms with E-state index >= 15 is 0 Å². The molecular weight excluding hydrogens is 245 g/mol. The van der Waals surface area contributed by atoms with E-state index in [2.05, 4.69) is 5.32 Å². The molecular formula is C15H16FNO2. The number of hydrogen-bond acceptors (Lipinski definition) is 3. The SMILES string of the molecule is OC[C@@H](NCc1cccc(F)c1O)c1ccccc1. The number of aliphatic hydroxyl groups excluding tert-OH is 1. The fourth-order valence-corrected chi connectivity index (χ4v) is 1.91. The predicted octanol–water partition coefficient (Wildman–Crippen LogP) is 2.35. The van der Waals surface area contributed by atoms with Crippen molar-refractivity contribution >= 4 is 0 Å². The van der Waals surface area contributed by atoms with Gasteiger partial charge in [0, 0.05) is 12.1 Å². The predicted molar refractivity (Wildman–Crippen MR) is 71.2 cm³/mol. The molecule has 3 N–H and O–H groups in total. The molecule has 1 atom stereocenters. The first-order valence-corrected chi connectivity index (χ1v) is 6.08. The van der Waals surface area contributed by atoms with Crippen LogP contribution in [0.3, 0.4) is 0 Å². The first-order chi connectivity index (χ1) is 9.22. The average molecular weight is 261 g/mol. The Morgan fingerprint density at radius 3 is 2.47 bits per heavy atom. The maximum atomic E-state index is 13.2. The molecule has 0 radical (unpaired) electrons. The van der Waals surface area contributed by atoms with Crippen LogP contribution in [0.5, 0.6) is 5.75 Å². The lowest BCUT2D eigenvalue weighted by Crippen LogP contribution is -2.24. The highest BCUT2D eigenvalue weighted by Crippen LogP contribution is 2.21. The van der Waals surface area contributed by atoms with Crippen LogP contribution in [-0.2, 0) is 6.54 Å². The number of benzene rings is 2. The van der Waals surface area contributed by atoms with Crippen molar-refractivity contribution in [2.45, 2.75) is 12.6 Å². The Labute approximate surface area is 111 Å². The summed E-state index contributed by atoms with van der Waals surface area (Å²) in [4.78, 5) is 0. The number of aliphatic hydroxyl groups is 1. The molecule has 0 fully saturated rings. The Morgan fingerprint density at radius 1 is 1.05 bits per heavy atom. The lowest BCUT2D eigenvalue weighted by Gasteiger charge is -2.17. The number of nitrogens with one attached hydrogen (secondary N) is 1. The minimum absolute atomic E-state index is 0.0694. The molecule has 0 aliphatic carbocycles. The third kappa shape index (κ3) is 3.30. The van der Waals surface area contributed by atoms with Crippen molar-refractivity contribution < 1.29 is 14.6 Å². The lowest BCUT2D eigenvalue weighted by molar-refractivity contribution is 0.243. The van der Waals surface area contributed by atoms with Crippen molar-refractivity contribution in [3.05, 3.63) is 65.5 Å². The molecule has 0 saturated carbocycles. The normalized spacial score (nSPS) is 12.3. The first kappa shape index (κ1) is 13.5. The molecule has 100 valence electrons. The number of aromatic hydroxyl groups is 1. The topological polar surface area (TPSA) is 52.5 Å². The maximum Gasteiger partial charge on any atom is 0.165 e. The van der Waals surface area contributed by atoms with Crippen LogP contribution in [0.4, 0.5) is 4.39 Å². The van der Waals surface area contributed by atoms with Gasteiger partial charge < -0.3 is 15.5 Å². The zero-order valence-electron chi connectivity index (χ0n) is 10.4. The van der Waals surface area contributed by atoms with E-state index in [9.17, 15) is 14.6 Å². The second-order valence-electron chi connectivity index (χ2n) is 4.27. The van der Waals surface area contributed by atoms with E-state index in [1.54, 1.807) is 12.1 Å². The van der Waals surface area contributed by atoms with Gasteiger partial charge in [-0.2, -0.15) is 0 Å². The number of para-hydroxylation sites is 1. The van der Waals surface area contributed by atoms with E-state index in [-0.39, 0.29) is 24.9 Å². The van der Waals surface area contributed by atoms with Gasteiger partial charge in [-0.15, -0.1) is 0 Å². The Bertz CT molecular complexity index is 531. The summed E-state index contributed by atoms with van der Waals surface area (Å²) in [5, 5.41) is 22.1. The third-order valence-electron chi connectivity index (χ3n) is 2.99. The molecule has 19 heavy (non-hydrogen) atoms. The molecule has 0 bridgehead atoms. The summed E-state index contributed by atoms with van der Waals surface area (Å²) in [6.07, 6.45) is 0. The standard InChI is InChI=1S/C15H16FNO2/c16-13-8-4-7-12(15(13)19)9-17-14(10-18)11-5-2-1-3-6-11/h1-8,14,17-19H,9-10H2/t14-/m1/s1. The van der Waals surface area contributed by atoms with Crippen LogP contribution in [0.15, 0.2) is 48.5 Å². The molecule has 0 aliphatic heterocycles. The number of halogens is 1. The molecule has 3 nitrogen and oxygen atoms in total. The van der Waals surface area contributed by atoms with Crippen molar-refractivity contribution in [1.29, 1.82) is 0 Å². The molecule has 0 aromatic heterocycles. The highest BCUT2D eigenvalue weighted by atomic mass is 19.1. The van der Waals surface area contributed by atoms with Crippen LogP contribution in [0, 0.1) is 5.82 Å². The van der Waals surface area contributed by atoms with Crippen LogP contribution >= 0.6 is 0 Å². The molecule has 0 amide bonds. The zero-order valence-corrected chi connectivity index (χ0v) is 10.4. The van der Waals surface area contributed by atoms with Gasteiger partial charge in [0.25, 0.3) is 0 Å². The second kappa shape index (κ2) is 6.31. The highest BCUT2D eigenvalue weighted by molar-refractivity contribution is 5.33. The number of phenols is 1. The molecule has 0 heterocycles. The fraction of sp³-hybridized carbons (Fsp3) is 0.200. The van der Waals surface area contributed by atoms with Gasteiger partial charge in [-0.3, -0.25) is 0 Å². The molecule has 4 heteroatoms. The van der Waals surface area contributed by atoms with Crippen molar-refractivity contribution in [1.82, 2.24) is 5.32 Å². The Morgan fingerprint density at radius 2 is 1.79 bits per heavy atom. The van der Waals surface area contributed by atoms with Gasteiger partial charge in [-0.1, -0.05) is 42.5 Å². The van der Waals surface area contributed by atoms with Crippen LogP contribution < -0.4 is 5.32 Å². The molecule has 2 rings (SSSR count). The molecule has 0 aliphatic rings. The van der Waals surface area contributed by atoms with Crippen molar-refractivity contribution in [2.75, 3.05) is 6.61 Å². The van der Waals surface area contributed by atoms with Gasteiger partial charge in [-0.05, 0) is 11.6 Å². The van der Waals surface area contributed by atoms with Crippen molar-refractivity contribution in [3.8, 4) is 5.75 Å². The maximum absolute atomic E-state index is 13.2. The van der Waals surface area contributed by atoms with Crippen LogP contribution in [-0.4, -0.2) is 16.8 Å². The minimum Gasteiger partial charge on any atom is -0.505 e. The Balaban J connectivity index is 2.06. The Hall–Kier alpha value is -1.91. The van der Waals surface area contributed by atoms with E-state index in [0.717, 1.165) is 5.56 Å². The number of rotatable bonds is 5. The lowest BCUT2D eigenvalue weighted by atomic mass is 10.1. The highest BCUT2D eigenvalue weighted by Gasteiger charge is 2.11. The van der Waals surface area contributed by atoms with E-state index in [1.807, 2.05) is 30.3 Å². The molecule has 0 spiro atoms. The van der Waals surface area contributed by atoms with Gasteiger partial charge in [0.1, 0.15) is 0 Å². The molecule has 0 saturated heterocycles. The zero-order chi connectivity index (χ0) is 13.7. The van der Waals surface area contributed by atoms with E-state index in [1.165, 1.54) is 6.07 Å². The van der Waals surface area contributed by atoms with Crippen LogP contribution in [0.25, 0.3) is 0 Å². The summed E-state index contributed by atoms with van der Waals surface area (Å²) >= 11 is 0. The number of hydrogen-bond donors (Lipinski definition) is 3. The van der Waals surface area contributed by atoms with Crippen LogP contribution in [0.2, 0.25) is 0 Å². The second-order valence-corrected chi connectivity index (χ2v) is 4.27. The molecule has 2 aromatic rings. The summed E-state index contributed by atoms with van der Waals surface area (Å²) < 4.78 is 13.2. The first-order valence-electron chi connectivity index (χ1n) is 6.08. The minimum atomic E-state index is -0.639. The van der Waals surface area contributed by atoms with Gasteiger partial charge in [-0.25, -0.2) is 4.39 Å². The summed E-state index contributed by atoms with van der Waals surface area (Å²) in [5.74, 6) is -0.987. The van der Waals surface area contributed by atoms with Gasteiger partial charge >= 0.3 is 0 Å². The largest absolute Gasteiger partial charge is 0.505 e. The van der Waals surface area contributed by atoms with E-state index in [0.29, 0.717) is 5.56 Å². The Kier molecular flexibility index (Phi) is 4.49. The fourth-order valence-electron chi connectivity index (χ4n) is 1.91. The smallest absolute Gasteiger partial charge is 0.165 e. The van der Waals surface area contributed by atoms with E-state index in [4.69, 9.17) is 0 Å². The van der Waals surface area contributed by atoms with Crippen molar-refractivity contribution in [2.24, 2.45) is 0 Å². The summed E-state index contributed by atoms with van der Waals surface area (Å²) in [6, 6.07) is 13.6. The molecule has 2 aromatic carbocycles. The summed E-state index contributed by atoms with van der Waals surface area (Å²) in [7, 11) is 0. The summed E-state index contributed by atoms with van der Waals surface area (Å²) in [6.45, 7) is 0.212. The third-order valence-corrected chi connectivity index (χ3v) is 2.99.